The van der Waals surface area contributed by atoms with Crippen molar-refractivity contribution < 1.29 is 4.79 Å². The number of carbonyl (C=O) groups excluding carboxylic acids is 1. The van der Waals surface area contributed by atoms with Crippen molar-refractivity contribution in [2.45, 2.75) is 57.2 Å². The smallest absolute Gasteiger partial charge is 0.250 e. The number of aromatic nitrogens is 1. The normalized spacial score (nSPS) is 29.4. The molecule has 5 heterocycles. The highest BCUT2D eigenvalue weighted by molar-refractivity contribution is 9.10. The number of nitrogens with zero attached hydrogens (tertiary/aromatic N) is 3. The minimum atomic E-state index is 0.302. The molecule has 4 atom stereocenters. The lowest BCUT2D eigenvalue weighted by molar-refractivity contribution is -0.145. The summed E-state index contributed by atoms with van der Waals surface area (Å²) in [4.78, 5) is 19.0. The Morgan fingerprint density at radius 2 is 1.86 bits per heavy atom. The van der Waals surface area contributed by atoms with Crippen LogP contribution in [0.1, 0.15) is 49.7 Å². The molecule has 5 heteroatoms. The molecule has 0 saturated carbocycles. The number of amides is 1. The third-order valence-electron chi connectivity index (χ3n) is 9.31. The second-order valence-electron chi connectivity index (χ2n) is 11.3. The lowest BCUT2D eigenvalue weighted by Crippen LogP contribution is -2.66. The molecule has 4 saturated heterocycles. The van der Waals surface area contributed by atoms with Gasteiger partial charge in [-0.2, -0.15) is 0 Å². The van der Waals surface area contributed by atoms with Crippen LogP contribution in [0.25, 0.3) is 17.0 Å². The van der Waals surface area contributed by atoms with E-state index in [1.54, 1.807) is 0 Å². The maximum atomic E-state index is 13.9. The van der Waals surface area contributed by atoms with Gasteiger partial charge >= 0.3 is 0 Å². The lowest BCUT2D eigenvalue weighted by Gasteiger charge is -2.58. The van der Waals surface area contributed by atoms with Crippen molar-refractivity contribution in [3.8, 4) is 0 Å². The summed E-state index contributed by atoms with van der Waals surface area (Å²) in [6, 6.07) is 18.3. The fourth-order valence-electron chi connectivity index (χ4n) is 7.87. The molecule has 1 amide bonds. The second-order valence-corrected chi connectivity index (χ2v) is 12.2. The van der Waals surface area contributed by atoms with Gasteiger partial charge in [-0.3, -0.25) is 9.69 Å². The maximum Gasteiger partial charge on any atom is 0.250 e. The number of hydrogen-bond donors (Lipinski definition) is 0. The molecule has 4 aliphatic rings. The number of hydrogen-bond acceptors (Lipinski definition) is 2. The van der Waals surface area contributed by atoms with Crippen LogP contribution in [0.15, 0.2) is 64.8 Å². The SMILES string of the molecule is O=C1/C(=C/c2cn(Cc3cccc(Br)c3)c3ccccc23)CC[C@@H]2[C@H]3CCCN4CCC[C@H](CN12)[C@@H]34. The number of para-hydroxylation sites is 1. The van der Waals surface area contributed by atoms with Crippen molar-refractivity contribution >= 4 is 38.8 Å². The highest BCUT2D eigenvalue weighted by Gasteiger charge is 2.51. The van der Waals surface area contributed by atoms with Crippen molar-refractivity contribution in [1.82, 2.24) is 14.4 Å². The van der Waals surface area contributed by atoms with Gasteiger partial charge in [0.15, 0.2) is 0 Å². The van der Waals surface area contributed by atoms with Gasteiger partial charge < -0.3 is 9.47 Å². The predicted octanol–water partition coefficient (Wildman–Crippen LogP) is 6.33. The van der Waals surface area contributed by atoms with Crippen LogP contribution in [0.5, 0.6) is 0 Å². The van der Waals surface area contributed by atoms with Gasteiger partial charge in [-0.1, -0.05) is 46.3 Å². The molecule has 4 nitrogen and oxygen atoms in total. The first kappa shape index (κ1) is 22.8. The molecular formula is C31H34BrN3O. The van der Waals surface area contributed by atoms with Gasteiger partial charge in [0.2, 0.25) is 5.91 Å². The minimum Gasteiger partial charge on any atom is -0.342 e. The second kappa shape index (κ2) is 9.18. The first-order valence-corrected chi connectivity index (χ1v) is 14.5. The number of benzene rings is 2. The average Bonchev–Trinajstić information content (AvgIpc) is 3.23. The molecule has 0 unspecified atom stereocenters. The lowest BCUT2D eigenvalue weighted by atomic mass is 9.67. The van der Waals surface area contributed by atoms with E-state index < -0.39 is 0 Å². The molecule has 0 radical (unpaired) electrons. The van der Waals surface area contributed by atoms with Gasteiger partial charge in [0.1, 0.15) is 0 Å². The van der Waals surface area contributed by atoms with Gasteiger partial charge in [0, 0.05) is 57.9 Å². The average molecular weight is 545 g/mol. The van der Waals surface area contributed by atoms with Crippen molar-refractivity contribution in [2.24, 2.45) is 11.8 Å². The highest BCUT2D eigenvalue weighted by atomic mass is 79.9. The Hall–Kier alpha value is -2.37. The molecule has 186 valence electrons. The van der Waals surface area contributed by atoms with Crippen LogP contribution in [-0.4, -0.2) is 52.0 Å². The van der Waals surface area contributed by atoms with Crippen LogP contribution in [0.4, 0.5) is 0 Å². The summed E-state index contributed by atoms with van der Waals surface area (Å²) in [6.45, 7) is 4.32. The minimum absolute atomic E-state index is 0.302. The van der Waals surface area contributed by atoms with Crippen molar-refractivity contribution in [3.05, 3.63) is 75.9 Å². The zero-order valence-corrected chi connectivity index (χ0v) is 22.4. The van der Waals surface area contributed by atoms with Crippen LogP contribution in [-0.2, 0) is 11.3 Å². The summed E-state index contributed by atoms with van der Waals surface area (Å²) < 4.78 is 3.42. The molecular weight excluding hydrogens is 510 g/mol. The Balaban J connectivity index is 1.20. The number of fused-ring (bicyclic) bond motifs is 3. The molecule has 3 aromatic rings. The Labute approximate surface area is 222 Å². The Morgan fingerprint density at radius 1 is 1.00 bits per heavy atom. The summed E-state index contributed by atoms with van der Waals surface area (Å²) in [5, 5.41) is 1.23. The Kier molecular flexibility index (Phi) is 5.81. The Morgan fingerprint density at radius 3 is 2.75 bits per heavy atom. The van der Waals surface area contributed by atoms with Gasteiger partial charge in [-0.05, 0) is 93.3 Å². The molecule has 36 heavy (non-hydrogen) atoms. The van der Waals surface area contributed by atoms with Gasteiger partial charge in [0.25, 0.3) is 0 Å². The zero-order valence-electron chi connectivity index (χ0n) is 20.8. The molecule has 1 aromatic heterocycles. The van der Waals surface area contributed by atoms with E-state index in [9.17, 15) is 4.79 Å². The monoisotopic (exact) mass is 543 g/mol. The van der Waals surface area contributed by atoms with E-state index in [2.05, 4.69) is 91.1 Å². The third kappa shape index (κ3) is 3.86. The van der Waals surface area contributed by atoms with Crippen LogP contribution in [0.2, 0.25) is 0 Å². The number of rotatable bonds is 3. The molecule has 0 spiro atoms. The van der Waals surface area contributed by atoms with E-state index in [1.165, 1.54) is 60.8 Å². The van der Waals surface area contributed by atoms with Gasteiger partial charge in [-0.15, -0.1) is 0 Å². The summed E-state index contributed by atoms with van der Waals surface area (Å²) in [5.41, 5.74) is 4.64. The summed E-state index contributed by atoms with van der Waals surface area (Å²) >= 11 is 3.60. The molecule has 0 aliphatic carbocycles. The van der Waals surface area contributed by atoms with E-state index >= 15 is 0 Å². The number of halogens is 1. The molecule has 0 N–H and O–H groups in total. The summed E-state index contributed by atoms with van der Waals surface area (Å²) in [6.07, 6.45) is 11.6. The van der Waals surface area contributed by atoms with Gasteiger partial charge in [-0.25, -0.2) is 0 Å². The fraction of sp³-hybridized carbons (Fsp3) is 0.452. The van der Waals surface area contributed by atoms with Crippen molar-refractivity contribution in [1.29, 1.82) is 0 Å². The molecule has 4 fully saturated rings. The summed E-state index contributed by atoms with van der Waals surface area (Å²) in [5.74, 6) is 1.64. The van der Waals surface area contributed by atoms with E-state index in [-0.39, 0.29) is 0 Å². The zero-order chi connectivity index (χ0) is 24.2. The van der Waals surface area contributed by atoms with E-state index in [0.717, 1.165) is 42.0 Å². The molecule has 2 aromatic carbocycles. The van der Waals surface area contributed by atoms with Crippen molar-refractivity contribution in [3.63, 3.8) is 0 Å². The van der Waals surface area contributed by atoms with Crippen molar-refractivity contribution in [2.75, 3.05) is 19.6 Å². The standard InChI is InChI=1S/C31H34BrN3O/c32-25-8-3-6-21(16-25)18-34-19-24(26-9-1-2-11-28(26)34)17-22-12-13-29-27-10-5-15-33-14-4-7-23(30(27)33)20-35(29)31(22)36/h1-3,6,8-9,11,16-17,19,23,27,29-30H,4-5,7,10,12-15,18,20H2/b22-17+/t23-,27-,29-,30+/m1/s1. The predicted molar refractivity (Wildman–Crippen MR) is 149 cm³/mol. The number of carbonyl (C=O) groups is 1. The van der Waals surface area contributed by atoms with E-state index in [0.29, 0.717) is 23.8 Å². The number of piperidine rings is 4. The van der Waals surface area contributed by atoms with Crippen LogP contribution >= 0.6 is 15.9 Å². The summed E-state index contributed by atoms with van der Waals surface area (Å²) in [7, 11) is 0. The van der Waals surface area contributed by atoms with Gasteiger partial charge in [0.05, 0.1) is 0 Å². The van der Waals surface area contributed by atoms with Crippen LogP contribution < -0.4 is 0 Å². The first-order chi connectivity index (χ1) is 17.7. The van der Waals surface area contributed by atoms with E-state index in [1.807, 2.05) is 0 Å². The molecule has 0 bridgehead atoms. The Bertz CT molecular complexity index is 1340. The topological polar surface area (TPSA) is 28.5 Å². The quantitative estimate of drug-likeness (QED) is 0.361. The first-order valence-electron chi connectivity index (χ1n) is 13.7. The van der Waals surface area contributed by atoms with Crippen LogP contribution in [0, 0.1) is 11.8 Å². The molecule has 4 aliphatic heterocycles. The largest absolute Gasteiger partial charge is 0.342 e. The fourth-order valence-corrected chi connectivity index (χ4v) is 8.31. The van der Waals surface area contributed by atoms with E-state index in [4.69, 9.17) is 0 Å². The third-order valence-corrected chi connectivity index (χ3v) is 9.80. The highest BCUT2D eigenvalue weighted by Crippen LogP contribution is 2.45. The maximum absolute atomic E-state index is 13.9. The van der Waals surface area contributed by atoms with Crippen LogP contribution in [0.3, 0.4) is 0 Å². The molecule has 7 rings (SSSR count).